The summed E-state index contributed by atoms with van der Waals surface area (Å²) in [6.07, 6.45) is 0. The fraction of sp³-hybridized carbons (Fsp3) is 0.0588. The van der Waals surface area contributed by atoms with Crippen molar-refractivity contribution < 1.29 is 4.74 Å². The molecule has 0 saturated heterocycles. The molecule has 0 aliphatic rings. The summed E-state index contributed by atoms with van der Waals surface area (Å²) in [5.74, 6) is 1.21. The van der Waals surface area contributed by atoms with Gasteiger partial charge in [0.1, 0.15) is 17.6 Å². The molecule has 0 aliphatic carbocycles. The third-order valence-electron chi connectivity index (χ3n) is 3.23. The van der Waals surface area contributed by atoms with Gasteiger partial charge in [0.2, 0.25) is 0 Å². The predicted octanol–water partition coefficient (Wildman–Crippen LogP) is 4.51. The number of nitrogens with one attached hydrogen (secondary N) is 1. The quantitative estimate of drug-likeness (QED) is 0.773. The Kier molecular flexibility index (Phi) is 3.82. The first-order valence-corrected chi connectivity index (χ1v) is 6.99. The van der Waals surface area contributed by atoms with Crippen LogP contribution in [0.5, 0.6) is 5.75 Å². The van der Waals surface area contributed by atoms with Crippen LogP contribution in [-0.4, -0.2) is 12.1 Å². The van der Waals surface area contributed by atoms with Gasteiger partial charge in [-0.05, 0) is 36.4 Å². The third-order valence-corrected chi connectivity index (χ3v) is 3.47. The minimum atomic E-state index is 0.470. The van der Waals surface area contributed by atoms with Crippen LogP contribution in [-0.2, 0) is 0 Å². The van der Waals surface area contributed by atoms with Crippen molar-refractivity contribution in [1.29, 1.82) is 5.26 Å². The molecule has 0 spiro atoms. The van der Waals surface area contributed by atoms with Gasteiger partial charge >= 0.3 is 0 Å². The Morgan fingerprint density at radius 2 is 2.05 bits per heavy atom. The summed E-state index contributed by atoms with van der Waals surface area (Å²) in [5, 5.41) is 14.0. The van der Waals surface area contributed by atoms with Gasteiger partial charge in [0.25, 0.3) is 0 Å². The Labute approximate surface area is 132 Å². The maximum atomic E-state index is 9.33. The molecule has 2 aromatic carbocycles. The van der Waals surface area contributed by atoms with Gasteiger partial charge in [-0.15, -0.1) is 0 Å². The van der Waals surface area contributed by atoms with Gasteiger partial charge < -0.3 is 10.1 Å². The summed E-state index contributed by atoms with van der Waals surface area (Å²) in [5.41, 5.74) is 2.00. The molecule has 0 atom stereocenters. The maximum absolute atomic E-state index is 9.33. The summed E-state index contributed by atoms with van der Waals surface area (Å²) in [6.45, 7) is 0. The lowest BCUT2D eigenvalue weighted by molar-refractivity contribution is 0.415. The minimum absolute atomic E-state index is 0.470. The lowest BCUT2D eigenvalue weighted by Crippen LogP contribution is -1.98. The van der Waals surface area contributed by atoms with Crippen molar-refractivity contribution in [2.45, 2.75) is 0 Å². The van der Waals surface area contributed by atoms with Crippen LogP contribution in [0, 0.1) is 11.3 Å². The van der Waals surface area contributed by atoms with Crippen LogP contribution in [0.1, 0.15) is 5.56 Å². The number of ether oxygens (including phenoxy) is 1. The number of pyridine rings is 1. The van der Waals surface area contributed by atoms with E-state index < -0.39 is 0 Å². The molecule has 0 bridgehead atoms. The second-order valence-electron chi connectivity index (χ2n) is 4.69. The molecule has 4 nitrogen and oxygen atoms in total. The number of aromatic nitrogens is 1. The summed E-state index contributed by atoms with van der Waals surface area (Å²) in [4.78, 5) is 4.52. The van der Waals surface area contributed by atoms with E-state index in [2.05, 4.69) is 16.4 Å². The number of methoxy groups -OCH3 is 1. The Hall–Kier alpha value is -2.77. The van der Waals surface area contributed by atoms with Gasteiger partial charge in [-0.3, -0.25) is 0 Å². The van der Waals surface area contributed by atoms with Crippen molar-refractivity contribution in [2.75, 3.05) is 12.4 Å². The van der Waals surface area contributed by atoms with Crippen molar-refractivity contribution in [2.24, 2.45) is 0 Å². The van der Waals surface area contributed by atoms with Crippen LogP contribution >= 0.6 is 11.6 Å². The van der Waals surface area contributed by atoms with Gasteiger partial charge in [-0.2, -0.15) is 5.26 Å². The van der Waals surface area contributed by atoms with Gasteiger partial charge in [-0.1, -0.05) is 17.7 Å². The zero-order valence-electron chi connectivity index (χ0n) is 11.8. The number of hydrogen-bond donors (Lipinski definition) is 1. The lowest BCUT2D eigenvalue weighted by Gasteiger charge is -2.10. The van der Waals surface area contributed by atoms with Crippen molar-refractivity contribution in [3.63, 3.8) is 0 Å². The predicted molar refractivity (Wildman–Crippen MR) is 87.7 cm³/mol. The Bertz CT molecular complexity index is 887. The number of anilines is 2. The monoisotopic (exact) mass is 309 g/mol. The number of nitriles is 1. The van der Waals surface area contributed by atoms with E-state index in [9.17, 15) is 5.26 Å². The van der Waals surface area contributed by atoms with E-state index in [1.54, 1.807) is 25.3 Å². The molecular formula is C17H12ClN3O. The summed E-state index contributed by atoms with van der Waals surface area (Å²) >= 11 is 5.98. The first-order chi connectivity index (χ1) is 10.7. The molecule has 0 radical (unpaired) electrons. The van der Waals surface area contributed by atoms with E-state index >= 15 is 0 Å². The molecule has 5 heteroatoms. The molecule has 1 aromatic heterocycles. The fourth-order valence-corrected chi connectivity index (χ4v) is 2.35. The molecule has 1 heterocycles. The molecular weight excluding hydrogens is 298 g/mol. The molecule has 0 fully saturated rings. The first-order valence-electron chi connectivity index (χ1n) is 6.61. The zero-order chi connectivity index (χ0) is 15.5. The first kappa shape index (κ1) is 14.2. The highest BCUT2D eigenvalue weighted by Crippen LogP contribution is 2.26. The van der Waals surface area contributed by atoms with Crippen molar-refractivity contribution >= 4 is 34.0 Å². The molecule has 0 unspecified atom stereocenters. The van der Waals surface area contributed by atoms with E-state index in [1.807, 2.05) is 30.3 Å². The number of rotatable bonds is 3. The summed E-state index contributed by atoms with van der Waals surface area (Å²) in [6, 6.07) is 16.8. The molecule has 22 heavy (non-hydrogen) atoms. The highest BCUT2D eigenvalue weighted by Gasteiger charge is 2.08. The number of halogens is 1. The molecule has 0 amide bonds. The van der Waals surface area contributed by atoms with Gasteiger partial charge in [0.05, 0.1) is 18.2 Å². The maximum Gasteiger partial charge on any atom is 0.149 e. The van der Waals surface area contributed by atoms with E-state index in [-0.39, 0.29) is 0 Å². The number of hydrogen-bond acceptors (Lipinski definition) is 4. The summed E-state index contributed by atoms with van der Waals surface area (Å²) in [7, 11) is 1.61. The average Bonchev–Trinajstić information content (AvgIpc) is 2.53. The Balaban J connectivity index is 2.09. The van der Waals surface area contributed by atoms with E-state index in [4.69, 9.17) is 16.3 Å². The molecule has 1 N–H and O–H groups in total. The van der Waals surface area contributed by atoms with Gasteiger partial charge in [0.15, 0.2) is 0 Å². The topological polar surface area (TPSA) is 57.9 Å². The van der Waals surface area contributed by atoms with Gasteiger partial charge in [0, 0.05) is 22.2 Å². The van der Waals surface area contributed by atoms with E-state index in [0.717, 1.165) is 22.3 Å². The smallest absolute Gasteiger partial charge is 0.149 e. The van der Waals surface area contributed by atoms with Crippen LogP contribution in [0.2, 0.25) is 5.02 Å². The number of nitrogens with zero attached hydrogens (tertiary/aromatic N) is 2. The fourth-order valence-electron chi connectivity index (χ4n) is 2.16. The Morgan fingerprint density at radius 1 is 1.18 bits per heavy atom. The highest BCUT2D eigenvalue weighted by molar-refractivity contribution is 6.30. The molecule has 3 rings (SSSR count). The van der Waals surface area contributed by atoms with Crippen LogP contribution in [0.4, 0.5) is 11.5 Å². The zero-order valence-corrected chi connectivity index (χ0v) is 12.6. The van der Waals surface area contributed by atoms with Crippen LogP contribution < -0.4 is 10.1 Å². The standard InChI is InChI=1S/C17H12ClN3O/c1-22-15-6-5-11-7-12(10-19)17(21-16(11)9-15)20-14-4-2-3-13(18)8-14/h2-9H,1H3,(H,20,21). The second-order valence-corrected chi connectivity index (χ2v) is 5.13. The van der Waals surface area contributed by atoms with Gasteiger partial charge in [-0.25, -0.2) is 4.98 Å². The van der Waals surface area contributed by atoms with Crippen LogP contribution in [0.15, 0.2) is 48.5 Å². The third kappa shape index (κ3) is 2.80. The van der Waals surface area contributed by atoms with Crippen molar-refractivity contribution in [3.05, 3.63) is 59.1 Å². The number of fused-ring (bicyclic) bond motifs is 1. The lowest BCUT2D eigenvalue weighted by atomic mass is 10.1. The molecule has 108 valence electrons. The van der Waals surface area contributed by atoms with Crippen molar-refractivity contribution in [3.8, 4) is 11.8 Å². The SMILES string of the molecule is COc1ccc2cc(C#N)c(Nc3cccc(Cl)c3)nc2c1. The Morgan fingerprint density at radius 3 is 2.77 bits per heavy atom. The molecule has 0 saturated carbocycles. The largest absolute Gasteiger partial charge is 0.497 e. The number of benzene rings is 2. The van der Waals surface area contributed by atoms with E-state index in [1.165, 1.54) is 0 Å². The van der Waals surface area contributed by atoms with E-state index in [0.29, 0.717) is 16.4 Å². The van der Waals surface area contributed by atoms with Crippen LogP contribution in [0.25, 0.3) is 10.9 Å². The average molecular weight is 310 g/mol. The normalized spacial score (nSPS) is 10.2. The molecule has 0 aliphatic heterocycles. The highest BCUT2D eigenvalue weighted by atomic mass is 35.5. The summed E-state index contributed by atoms with van der Waals surface area (Å²) < 4.78 is 5.21. The van der Waals surface area contributed by atoms with Crippen LogP contribution in [0.3, 0.4) is 0 Å². The minimum Gasteiger partial charge on any atom is -0.497 e. The molecule has 3 aromatic rings. The second kappa shape index (κ2) is 5.92. The van der Waals surface area contributed by atoms with Crippen molar-refractivity contribution in [1.82, 2.24) is 4.98 Å².